The Morgan fingerprint density at radius 1 is 1.47 bits per heavy atom. The number of benzene rings is 1. The lowest BCUT2D eigenvalue weighted by Crippen LogP contribution is -2.23. The lowest BCUT2D eigenvalue weighted by atomic mass is 10.3. The molecule has 15 heavy (non-hydrogen) atoms. The fourth-order valence-corrected chi connectivity index (χ4v) is 1.64. The number of halogens is 2. The van der Waals surface area contributed by atoms with Crippen LogP contribution in [0.5, 0.6) is 0 Å². The molecule has 80 valence electrons. The molecule has 0 aliphatic carbocycles. The molecule has 0 atom stereocenters. The van der Waals surface area contributed by atoms with Gasteiger partial charge in [0.1, 0.15) is 0 Å². The van der Waals surface area contributed by atoms with Crippen molar-refractivity contribution in [2.45, 2.75) is 0 Å². The molecule has 1 aromatic rings. The van der Waals surface area contributed by atoms with Gasteiger partial charge < -0.3 is 10.1 Å². The van der Waals surface area contributed by atoms with Gasteiger partial charge in [0.2, 0.25) is 0 Å². The summed E-state index contributed by atoms with van der Waals surface area (Å²) in [6, 6.07) is 4.78. The Morgan fingerprint density at radius 3 is 2.67 bits per heavy atom. The minimum Gasteiger partial charge on any atom is -0.462 e. The second-order valence-corrected chi connectivity index (χ2v) is 3.86. The first kappa shape index (κ1) is 12.0. The van der Waals surface area contributed by atoms with E-state index in [0.29, 0.717) is 15.2 Å². The van der Waals surface area contributed by atoms with Crippen LogP contribution in [0.3, 0.4) is 0 Å². The van der Waals surface area contributed by atoms with E-state index in [2.05, 4.69) is 26.0 Å². The van der Waals surface area contributed by atoms with Gasteiger partial charge >= 0.3 is 11.9 Å². The Hall–Kier alpha value is -1.07. The number of ether oxygens (including phenoxy) is 1. The summed E-state index contributed by atoms with van der Waals surface area (Å²) in [6.07, 6.45) is 0. The molecule has 0 unspecified atom stereocenters. The smallest absolute Gasteiger partial charge is 0.396 e. The number of nitrogens with one attached hydrogen (secondary N) is 1. The van der Waals surface area contributed by atoms with Gasteiger partial charge in [-0.15, -0.1) is 0 Å². The molecule has 1 N–H and O–H groups in total. The maximum Gasteiger partial charge on any atom is 0.396 e. The van der Waals surface area contributed by atoms with Gasteiger partial charge in [0.05, 0.1) is 12.8 Å². The largest absolute Gasteiger partial charge is 0.462 e. The third kappa shape index (κ3) is 3.21. The highest BCUT2D eigenvalue weighted by Crippen LogP contribution is 2.25. The van der Waals surface area contributed by atoms with E-state index in [1.54, 1.807) is 18.2 Å². The van der Waals surface area contributed by atoms with Crippen molar-refractivity contribution in [2.24, 2.45) is 0 Å². The van der Waals surface area contributed by atoms with Crippen molar-refractivity contribution in [3.8, 4) is 0 Å². The van der Waals surface area contributed by atoms with Crippen LogP contribution in [0.1, 0.15) is 0 Å². The molecule has 0 aliphatic heterocycles. The molecule has 4 nitrogen and oxygen atoms in total. The van der Waals surface area contributed by atoms with E-state index in [1.165, 1.54) is 0 Å². The maximum atomic E-state index is 11.1. The molecule has 0 bridgehead atoms. The van der Waals surface area contributed by atoms with Crippen molar-refractivity contribution >= 4 is 45.1 Å². The Labute approximate surface area is 99.7 Å². The first-order valence-corrected chi connectivity index (χ1v) is 5.06. The van der Waals surface area contributed by atoms with Crippen LogP contribution in [0.15, 0.2) is 22.7 Å². The van der Waals surface area contributed by atoms with Crippen LogP contribution in [-0.4, -0.2) is 19.0 Å². The molecule has 0 aromatic heterocycles. The molecule has 1 amide bonds. The lowest BCUT2D eigenvalue weighted by molar-refractivity contribution is -0.150. The summed E-state index contributed by atoms with van der Waals surface area (Å²) in [4.78, 5) is 22.0. The fraction of sp³-hybridized carbons (Fsp3) is 0.111. The maximum absolute atomic E-state index is 11.1. The lowest BCUT2D eigenvalue weighted by Gasteiger charge is -2.05. The Morgan fingerprint density at radius 2 is 2.13 bits per heavy atom. The number of esters is 1. The monoisotopic (exact) mass is 291 g/mol. The van der Waals surface area contributed by atoms with Gasteiger partial charge in [0.15, 0.2) is 0 Å². The van der Waals surface area contributed by atoms with Gasteiger partial charge in [-0.1, -0.05) is 11.6 Å². The van der Waals surface area contributed by atoms with E-state index in [-0.39, 0.29) is 0 Å². The summed E-state index contributed by atoms with van der Waals surface area (Å²) < 4.78 is 4.85. The number of methoxy groups -OCH3 is 1. The molecule has 1 rings (SSSR count). The van der Waals surface area contributed by atoms with Crippen molar-refractivity contribution in [2.75, 3.05) is 12.4 Å². The van der Waals surface area contributed by atoms with E-state index in [9.17, 15) is 9.59 Å². The summed E-state index contributed by atoms with van der Waals surface area (Å²) in [5, 5.41) is 2.89. The topological polar surface area (TPSA) is 55.4 Å². The molecular formula is C9H7BrClNO3. The summed E-state index contributed by atoms with van der Waals surface area (Å²) in [5.74, 6) is -1.78. The van der Waals surface area contributed by atoms with Crippen LogP contribution in [0.2, 0.25) is 5.02 Å². The molecule has 0 fully saturated rings. The van der Waals surface area contributed by atoms with Crippen molar-refractivity contribution in [1.82, 2.24) is 0 Å². The second kappa shape index (κ2) is 5.14. The molecule has 0 heterocycles. The number of rotatable bonds is 1. The normalized spacial score (nSPS) is 9.53. The predicted molar refractivity (Wildman–Crippen MR) is 59.8 cm³/mol. The van der Waals surface area contributed by atoms with E-state index in [1.807, 2.05) is 0 Å². The second-order valence-electron chi connectivity index (χ2n) is 2.57. The van der Waals surface area contributed by atoms with Crippen LogP contribution in [0.25, 0.3) is 0 Å². The highest BCUT2D eigenvalue weighted by Gasteiger charge is 2.14. The Kier molecular flexibility index (Phi) is 4.11. The van der Waals surface area contributed by atoms with E-state index >= 15 is 0 Å². The van der Waals surface area contributed by atoms with Crippen molar-refractivity contribution in [3.63, 3.8) is 0 Å². The highest BCUT2D eigenvalue weighted by atomic mass is 79.9. The Bertz CT molecular complexity index is 408. The minimum absolute atomic E-state index is 0.454. The SMILES string of the molecule is COC(=O)C(=O)Nc1ccc(Cl)cc1Br. The summed E-state index contributed by atoms with van der Waals surface area (Å²) in [5.41, 5.74) is 0.454. The molecule has 1 aromatic carbocycles. The molecule has 0 saturated carbocycles. The average Bonchev–Trinajstić information content (AvgIpc) is 2.20. The third-order valence-electron chi connectivity index (χ3n) is 1.55. The zero-order valence-electron chi connectivity index (χ0n) is 7.71. The number of hydrogen-bond acceptors (Lipinski definition) is 3. The number of amides is 1. The number of carbonyl (C=O) groups excluding carboxylic acids is 2. The van der Waals surface area contributed by atoms with E-state index < -0.39 is 11.9 Å². The first-order valence-electron chi connectivity index (χ1n) is 3.89. The zero-order chi connectivity index (χ0) is 11.4. The van der Waals surface area contributed by atoms with Gasteiger partial charge in [-0.3, -0.25) is 4.79 Å². The average molecular weight is 293 g/mol. The summed E-state index contributed by atoms with van der Waals surface area (Å²) in [7, 11) is 1.14. The molecule has 0 saturated heterocycles. The van der Waals surface area contributed by atoms with Crippen LogP contribution in [0.4, 0.5) is 5.69 Å². The molecule has 0 spiro atoms. The van der Waals surface area contributed by atoms with Crippen LogP contribution in [-0.2, 0) is 14.3 Å². The van der Waals surface area contributed by atoms with Gasteiger partial charge in [-0.05, 0) is 34.1 Å². The van der Waals surface area contributed by atoms with Crippen molar-refractivity contribution in [3.05, 3.63) is 27.7 Å². The Balaban J connectivity index is 2.81. The summed E-state index contributed by atoms with van der Waals surface area (Å²) >= 11 is 8.90. The van der Waals surface area contributed by atoms with Crippen molar-refractivity contribution in [1.29, 1.82) is 0 Å². The van der Waals surface area contributed by atoms with Gasteiger partial charge in [0.25, 0.3) is 0 Å². The van der Waals surface area contributed by atoms with Crippen LogP contribution in [0, 0.1) is 0 Å². The third-order valence-corrected chi connectivity index (χ3v) is 2.44. The molecule has 6 heteroatoms. The summed E-state index contributed by atoms with van der Waals surface area (Å²) in [6.45, 7) is 0. The number of carbonyl (C=O) groups is 2. The van der Waals surface area contributed by atoms with Gasteiger partial charge in [-0.2, -0.15) is 0 Å². The van der Waals surface area contributed by atoms with Crippen LogP contribution < -0.4 is 5.32 Å². The minimum atomic E-state index is -0.947. The van der Waals surface area contributed by atoms with E-state index in [0.717, 1.165) is 7.11 Å². The molecule has 0 radical (unpaired) electrons. The number of hydrogen-bond donors (Lipinski definition) is 1. The standard InChI is InChI=1S/C9H7BrClNO3/c1-15-9(14)8(13)12-7-3-2-5(11)4-6(7)10/h2-4H,1H3,(H,12,13). The fourth-order valence-electron chi connectivity index (χ4n) is 0.857. The quantitative estimate of drug-likeness (QED) is 0.638. The highest BCUT2D eigenvalue weighted by molar-refractivity contribution is 9.10. The van der Waals surface area contributed by atoms with Gasteiger partial charge in [-0.25, -0.2) is 4.79 Å². The van der Waals surface area contributed by atoms with Crippen LogP contribution >= 0.6 is 27.5 Å². The van der Waals surface area contributed by atoms with E-state index in [4.69, 9.17) is 11.6 Å². The van der Waals surface area contributed by atoms with Crippen molar-refractivity contribution < 1.29 is 14.3 Å². The molecule has 0 aliphatic rings. The molecular weight excluding hydrogens is 285 g/mol. The predicted octanol–water partition coefficient (Wildman–Crippen LogP) is 2.21. The number of anilines is 1. The van der Waals surface area contributed by atoms with Gasteiger partial charge in [0, 0.05) is 9.50 Å². The zero-order valence-corrected chi connectivity index (χ0v) is 10.1. The first-order chi connectivity index (χ1) is 7.04.